The molecule has 2 aromatic rings. The van der Waals surface area contributed by atoms with Gasteiger partial charge in [-0.15, -0.1) is 0 Å². The Bertz CT molecular complexity index is 454. The molecule has 0 atom stereocenters. The van der Waals surface area contributed by atoms with Gasteiger partial charge >= 0.3 is 0 Å². The van der Waals surface area contributed by atoms with Gasteiger partial charge < -0.3 is 20.1 Å². The Hall–Kier alpha value is -2.01. The molecule has 2 rings (SSSR count). The average molecular weight is 220 g/mol. The van der Waals surface area contributed by atoms with Gasteiger partial charge in [-0.25, -0.2) is 0 Å². The van der Waals surface area contributed by atoms with E-state index in [1.54, 1.807) is 12.1 Å². The van der Waals surface area contributed by atoms with Crippen molar-refractivity contribution in [1.82, 2.24) is 10.5 Å². The molecule has 0 unspecified atom stereocenters. The van der Waals surface area contributed by atoms with Crippen LogP contribution in [0.25, 0.3) is 0 Å². The van der Waals surface area contributed by atoms with E-state index in [9.17, 15) is 5.11 Å². The van der Waals surface area contributed by atoms with Crippen LogP contribution in [0, 0.1) is 0 Å². The molecule has 0 radical (unpaired) electrons. The topological polar surface area (TPSA) is 78.5 Å². The number of hydrogen-bond donors (Lipinski definition) is 3. The zero-order chi connectivity index (χ0) is 11.4. The van der Waals surface area contributed by atoms with Crippen molar-refractivity contribution in [2.75, 3.05) is 0 Å². The standard InChI is InChI=1S/C11H12N2O3/c14-10-2-1-8(5-11(10)15)6-12-7-9-3-4-16-13-9/h1-5,12,14-15H,6-7H2. The maximum Gasteiger partial charge on any atom is 0.157 e. The van der Waals surface area contributed by atoms with Crippen LogP contribution in [0.5, 0.6) is 11.5 Å². The van der Waals surface area contributed by atoms with Gasteiger partial charge in [0.05, 0.1) is 5.69 Å². The third-order valence-corrected chi connectivity index (χ3v) is 2.17. The highest BCUT2D eigenvalue weighted by Crippen LogP contribution is 2.24. The molecule has 5 heteroatoms. The summed E-state index contributed by atoms with van der Waals surface area (Å²) in [4.78, 5) is 0. The number of aromatic nitrogens is 1. The van der Waals surface area contributed by atoms with Crippen LogP contribution in [0.3, 0.4) is 0 Å². The molecule has 5 nitrogen and oxygen atoms in total. The summed E-state index contributed by atoms with van der Waals surface area (Å²) in [6.45, 7) is 1.18. The van der Waals surface area contributed by atoms with Crippen LogP contribution >= 0.6 is 0 Å². The summed E-state index contributed by atoms with van der Waals surface area (Å²) in [5.41, 5.74) is 1.71. The monoisotopic (exact) mass is 220 g/mol. The van der Waals surface area contributed by atoms with E-state index in [4.69, 9.17) is 5.11 Å². The minimum Gasteiger partial charge on any atom is -0.504 e. The van der Waals surface area contributed by atoms with Crippen LogP contribution in [0.4, 0.5) is 0 Å². The Kier molecular flexibility index (Phi) is 3.07. The SMILES string of the molecule is Oc1ccc(CNCc2ccon2)cc1O. The molecule has 84 valence electrons. The molecule has 16 heavy (non-hydrogen) atoms. The van der Waals surface area contributed by atoms with Crippen molar-refractivity contribution in [3.63, 3.8) is 0 Å². The number of benzene rings is 1. The van der Waals surface area contributed by atoms with E-state index in [0.717, 1.165) is 11.3 Å². The summed E-state index contributed by atoms with van der Waals surface area (Å²) < 4.78 is 4.69. The molecule has 0 fully saturated rings. The third kappa shape index (κ3) is 2.52. The fraction of sp³-hybridized carbons (Fsp3) is 0.182. The van der Waals surface area contributed by atoms with Crippen molar-refractivity contribution in [3.8, 4) is 11.5 Å². The first-order valence-corrected chi connectivity index (χ1v) is 4.86. The zero-order valence-corrected chi connectivity index (χ0v) is 8.55. The van der Waals surface area contributed by atoms with Gasteiger partial charge in [0.25, 0.3) is 0 Å². The third-order valence-electron chi connectivity index (χ3n) is 2.17. The largest absolute Gasteiger partial charge is 0.504 e. The molecular weight excluding hydrogens is 208 g/mol. The fourth-order valence-corrected chi connectivity index (χ4v) is 1.34. The number of rotatable bonds is 4. The molecule has 0 spiro atoms. The first kappa shape index (κ1) is 10.5. The van der Waals surface area contributed by atoms with E-state index >= 15 is 0 Å². The van der Waals surface area contributed by atoms with Gasteiger partial charge in [0, 0.05) is 19.2 Å². The molecule has 0 aliphatic heterocycles. The minimum absolute atomic E-state index is 0.110. The van der Waals surface area contributed by atoms with Crippen molar-refractivity contribution in [2.45, 2.75) is 13.1 Å². The number of nitrogens with one attached hydrogen (secondary N) is 1. The molecule has 0 saturated carbocycles. The van der Waals surface area contributed by atoms with Gasteiger partial charge in [0.1, 0.15) is 6.26 Å². The Morgan fingerprint density at radius 2 is 2.00 bits per heavy atom. The molecule has 0 bridgehead atoms. The lowest BCUT2D eigenvalue weighted by molar-refractivity contribution is 0.402. The highest BCUT2D eigenvalue weighted by molar-refractivity contribution is 5.40. The van der Waals surface area contributed by atoms with Crippen molar-refractivity contribution in [1.29, 1.82) is 0 Å². The van der Waals surface area contributed by atoms with E-state index in [2.05, 4.69) is 15.0 Å². The highest BCUT2D eigenvalue weighted by Gasteiger charge is 2.01. The van der Waals surface area contributed by atoms with Crippen LogP contribution in [0.15, 0.2) is 35.1 Å². The van der Waals surface area contributed by atoms with E-state index in [1.807, 2.05) is 0 Å². The summed E-state index contributed by atoms with van der Waals surface area (Å²) in [6.07, 6.45) is 1.52. The number of hydrogen-bond acceptors (Lipinski definition) is 5. The second-order valence-electron chi connectivity index (χ2n) is 3.42. The maximum absolute atomic E-state index is 9.28. The van der Waals surface area contributed by atoms with E-state index in [-0.39, 0.29) is 11.5 Å². The van der Waals surface area contributed by atoms with Gasteiger partial charge in [-0.3, -0.25) is 0 Å². The zero-order valence-electron chi connectivity index (χ0n) is 8.55. The molecule has 1 aromatic carbocycles. The van der Waals surface area contributed by atoms with Gasteiger partial charge in [0.2, 0.25) is 0 Å². The number of nitrogens with zero attached hydrogens (tertiary/aromatic N) is 1. The van der Waals surface area contributed by atoms with Crippen LogP contribution in [0.1, 0.15) is 11.3 Å². The number of aromatic hydroxyl groups is 2. The molecular formula is C11H12N2O3. The van der Waals surface area contributed by atoms with Crippen LogP contribution in [-0.2, 0) is 13.1 Å². The van der Waals surface area contributed by atoms with Crippen LogP contribution in [0.2, 0.25) is 0 Å². The Morgan fingerprint density at radius 1 is 1.12 bits per heavy atom. The Labute approximate surface area is 92.3 Å². The fourth-order valence-electron chi connectivity index (χ4n) is 1.34. The van der Waals surface area contributed by atoms with Crippen molar-refractivity contribution >= 4 is 0 Å². The molecule has 1 aromatic heterocycles. The second-order valence-corrected chi connectivity index (χ2v) is 3.42. The average Bonchev–Trinajstić information content (AvgIpc) is 2.76. The highest BCUT2D eigenvalue weighted by atomic mass is 16.5. The lowest BCUT2D eigenvalue weighted by Crippen LogP contribution is -2.12. The normalized spacial score (nSPS) is 10.5. The summed E-state index contributed by atoms with van der Waals surface area (Å²) in [5.74, 6) is -0.221. The lowest BCUT2D eigenvalue weighted by Gasteiger charge is -2.04. The molecule has 1 heterocycles. The molecule has 0 amide bonds. The van der Waals surface area contributed by atoms with Crippen LogP contribution in [-0.4, -0.2) is 15.4 Å². The summed E-state index contributed by atoms with van der Waals surface area (Å²) in [5, 5.41) is 25.3. The predicted molar refractivity (Wildman–Crippen MR) is 56.8 cm³/mol. The van der Waals surface area contributed by atoms with Crippen LogP contribution < -0.4 is 5.32 Å². The van der Waals surface area contributed by atoms with E-state index in [0.29, 0.717) is 13.1 Å². The van der Waals surface area contributed by atoms with Gasteiger partial charge in [-0.2, -0.15) is 0 Å². The first-order chi connectivity index (χ1) is 7.75. The van der Waals surface area contributed by atoms with Crippen molar-refractivity contribution in [3.05, 3.63) is 41.8 Å². The Balaban J connectivity index is 1.87. The maximum atomic E-state index is 9.28. The number of phenols is 2. The summed E-state index contributed by atoms with van der Waals surface area (Å²) in [6, 6.07) is 6.50. The summed E-state index contributed by atoms with van der Waals surface area (Å²) in [7, 11) is 0. The first-order valence-electron chi connectivity index (χ1n) is 4.86. The minimum atomic E-state index is -0.111. The number of phenolic OH excluding ortho intramolecular Hbond substituents is 2. The predicted octanol–water partition coefficient (Wildman–Crippen LogP) is 1.38. The van der Waals surface area contributed by atoms with Crippen molar-refractivity contribution < 1.29 is 14.7 Å². The molecule has 0 aliphatic carbocycles. The van der Waals surface area contributed by atoms with E-state index < -0.39 is 0 Å². The van der Waals surface area contributed by atoms with Gasteiger partial charge in [-0.1, -0.05) is 11.2 Å². The molecule has 3 N–H and O–H groups in total. The smallest absolute Gasteiger partial charge is 0.157 e. The lowest BCUT2D eigenvalue weighted by atomic mass is 10.2. The summed E-state index contributed by atoms with van der Waals surface area (Å²) >= 11 is 0. The van der Waals surface area contributed by atoms with E-state index in [1.165, 1.54) is 18.4 Å². The molecule has 0 aliphatic rings. The Morgan fingerprint density at radius 3 is 2.69 bits per heavy atom. The van der Waals surface area contributed by atoms with Crippen molar-refractivity contribution in [2.24, 2.45) is 0 Å². The van der Waals surface area contributed by atoms with Gasteiger partial charge in [0.15, 0.2) is 11.5 Å². The second kappa shape index (κ2) is 4.67. The van der Waals surface area contributed by atoms with Gasteiger partial charge in [-0.05, 0) is 17.7 Å². The molecule has 0 saturated heterocycles. The quantitative estimate of drug-likeness (QED) is 0.678.